The Labute approximate surface area is 116 Å². The Morgan fingerprint density at radius 2 is 1.90 bits per heavy atom. The molecule has 1 unspecified atom stereocenters. The maximum Gasteiger partial charge on any atom is 0.399 e. The van der Waals surface area contributed by atoms with E-state index >= 15 is 0 Å². The Morgan fingerprint density at radius 1 is 1.15 bits per heavy atom. The van der Waals surface area contributed by atoms with E-state index < -0.39 is 18.1 Å². The molecule has 1 spiro atoms. The van der Waals surface area contributed by atoms with Gasteiger partial charge in [-0.1, -0.05) is 24.3 Å². The molecule has 4 rings (SSSR count). The van der Waals surface area contributed by atoms with Crippen molar-refractivity contribution in [3.8, 4) is 0 Å². The van der Waals surface area contributed by atoms with Crippen LogP contribution in [0.25, 0.3) is 0 Å². The van der Waals surface area contributed by atoms with Crippen LogP contribution in [0, 0.1) is 0 Å². The van der Waals surface area contributed by atoms with E-state index in [1.165, 1.54) is 0 Å². The minimum atomic E-state index is -0.738. The van der Waals surface area contributed by atoms with E-state index in [-0.39, 0.29) is 5.54 Å². The lowest BCUT2D eigenvalue weighted by Crippen LogP contribution is -2.57. The summed E-state index contributed by atoms with van der Waals surface area (Å²) in [5, 5.41) is 0. The third-order valence-electron chi connectivity index (χ3n) is 4.62. The number of amides is 1. The quantitative estimate of drug-likeness (QED) is 0.526. The molecule has 0 saturated carbocycles. The number of ether oxygens (including phenoxy) is 2. The number of benzene rings is 1. The second kappa shape index (κ2) is 4.06. The van der Waals surface area contributed by atoms with Gasteiger partial charge in [-0.05, 0) is 24.8 Å². The molecule has 104 valence electrons. The van der Waals surface area contributed by atoms with Crippen molar-refractivity contribution in [3.63, 3.8) is 0 Å². The fraction of sp³-hybridized carbons (Fsp3) is 0.467. The van der Waals surface area contributed by atoms with Crippen LogP contribution in [-0.4, -0.2) is 35.5 Å². The van der Waals surface area contributed by atoms with Crippen LogP contribution < -0.4 is 0 Å². The zero-order valence-corrected chi connectivity index (χ0v) is 11.0. The van der Waals surface area contributed by atoms with Gasteiger partial charge in [0, 0.05) is 18.8 Å². The predicted octanol–water partition coefficient (Wildman–Crippen LogP) is 1.18. The topological polar surface area (TPSA) is 55.8 Å². The molecule has 0 aliphatic carbocycles. The standard InChI is InChI=1S/C15H15NO4/c17-12-14(18)20-13-11-4-2-1-3-10(11)9-15(16(12)13)5-7-19-8-6-15/h1-4,13H,5-9H2. The number of esters is 1. The highest BCUT2D eigenvalue weighted by atomic mass is 16.6. The fourth-order valence-electron chi connectivity index (χ4n) is 3.62. The maximum absolute atomic E-state index is 12.2. The lowest BCUT2D eigenvalue weighted by Gasteiger charge is -2.49. The van der Waals surface area contributed by atoms with E-state index in [9.17, 15) is 9.59 Å². The fourth-order valence-corrected chi connectivity index (χ4v) is 3.62. The molecule has 1 aromatic carbocycles. The highest BCUT2D eigenvalue weighted by Gasteiger charge is 2.55. The summed E-state index contributed by atoms with van der Waals surface area (Å²) >= 11 is 0. The van der Waals surface area contributed by atoms with Gasteiger partial charge in [0.05, 0.1) is 5.54 Å². The molecule has 0 N–H and O–H groups in total. The van der Waals surface area contributed by atoms with Crippen LogP contribution in [0.4, 0.5) is 0 Å². The number of rotatable bonds is 0. The van der Waals surface area contributed by atoms with Crippen molar-refractivity contribution >= 4 is 11.9 Å². The molecular weight excluding hydrogens is 258 g/mol. The third kappa shape index (κ3) is 1.47. The first-order valence-electron chi connectivity index (χ1n) is 6.91. The second-order valence-corrected chi connectivity index (χ2v) is 5.65. The van der Waals surface area contributed by atoms with Gasteiger partial charge in [-0.15, -0.1) is 0 Å². The molecule has 2 fully saturated rings. The summed E-state index contributed by atoms with van der Waals surface area (Å²) in [7, 11) is 0. The largest absolute Gasteiger partial charge is 0.430 e. The van der Waals surface area contributed by atoms with Gasteiger partial charge in [-0.3, -0.25) is 9.69 Å². The highest BCUT2D eigenvalue weighted by Crippen LogP contribution is 2.46. The molecule has 2 saturated heterocycles. The predicted molar refractivity (Wildman–Crippen MR) is 68.6 cm³/mol. The summed E-state index contributed by atoms with van der Waals surface area (Å²) < 4.78 is 10.8. The van der Waals surface area contributed by atoms with Gasteiger partial charge in [-0.25, -0.2) is 4.79 Å². The minimum absolute atomic E-state index is 0.333. The van der Waals surface area contributed by atoms with Crippen molar-refractivity contribution in [2.24, 2.45) is 0 Å². The normalized spacial score (nSPS) is 27.2. The molecule has 0 radical (unpaired) electrons. The zero-order chi connectivity index (χ0) is 13.7. The summed E-state index contributed by atoms with van der Waals surface area (Å²) in [6, 6.07) is 7.89. The Morgan fingerprint density at radius 3 is 2.70 bits per heavy atom. The van der Waals surface area contributed by atoms with Gasteiger partial charge in [0.25, 0.3) is 0 Å². The molecule has 3 aliphatic rings. The third-order valence-corrected chi connectivity index (χ3v) is 4.62. The molecule has 0 aromatic heterocycles. The van der Waals surface area contributed by atoms with Crippen LogP contribution in [0.3, 0.4) is 0 Å². The second-order valence-electron chi connectivity index (χ2n) is 5.65. The molecule has 3 aliphatic heterocycles. The highest BCUT2D eigenvalue weighted by molar-refractivity contribution is 6.34. The van der Waals surface area contributed by atoms with Crippen molar-refractivity contribution in [2.45, 2.75) is 31.0 Å². The number of nitrogens with zero attached hydrogens (tertiary/aromatic N) is 1. The van der Waals surface area contributed by atoms with E-state index in [4.69, 9.17) is 9.47 Å². The van der Waals surface area contributed by atoms with Crippen LogP contribution in [-0.2, 0) is 25.5 Å². The summed E-state index contributed by atoms with van der Waals surface area (Å²) in [5.41, 5.74) is 1.77. The molecule has 1 aromatic rings. The first-order valence-corrected chi connectivity index (χ1v) is 6.91. The number of carbonyl (C=O) groups is 2. The van der Waals surface area contributed by atoms with Crippen LogP contribution in [0.2, 0.25) is 0 Å². The first kappa shape index (κ1) is 11.9. The minimum Gasteiger partial charge on any atom is -0.430 e. The van der Waals surface area contributed by atoms with E-state index in [1.54, 1.807) is 4.90 Å². The Kier molecular flexibility index (Phi) is 2.41. The number of fused-ring (bicyclic) bond motifs is 4. The summed E-state index contributed by atoms with van der Waals surface area (Å²) in [6.45, 7) is 1.24. The zero-order valence-electron chi connectivity index (χ0n) is 11.0. The molecule has 5 heteroatoms. The van der Waals surface area contributed by atoms with Gasteiger partial charge in [0.1, 0.15) is 0 Å². The van der Waals surface area contributed by atoms with E-state index in [1.807, 2.05) is 18.2 Å². The van der Waals surface area contributed by atoms with Crippen LogP contribution in [0.15, 0.2) is 24.3 Å². The Balaban J connectivity index is 1.86. The number of hydrogen-bond donors (Lipinski definition) is 0. The van der Waals surface area contributed by atoms with Gasteiger partial charge in [0.2, 0.25) is 6.23 Å². The van der Waals surface area contributed by atoms with Crippen LogP contribution >= 0.6 is 0 Å². The van der Waals surface area contributed by atoms with Gasteiger partial charge >= 0.3 is 11.9 Å². The molecule has 0 bridgehead atoms. The first-order chi connectivity index (χ1) is 9.71. The summed E-state index contributed by atoms with van der Waals surface area (Å²) in [5.74, 6) is -1.25. The summed E-state index contributed by atoms with van der Waals surface area (Å²) in [6.07, 6.45) is 1.71. The maximum atomic E-state index is 12.2. The Bertz CT molecular complexity index is 591. The lowest BCUT2D eigenvalue weighted by atomic mass is 9.77. The Hall–Kier alpha value is -1.88. The smallest absolute Gasteiger partial charge is 0.399 e. The summed E-state index contributed by atoms with van der Waals surface area (Å²) in [4.78, 5) is 25.6. The van der Waals surface area contributed by atoms with Crippen molar-refractivity contribution < 1.29 is 19.1 Å². The lowest BCUT2D eigenvalue weighted by molar-refractivity contribution is -0.149. The van der Waals surface area contributed by atoms with Crippen LogP contribution in [0.1, 0.15) is 30.2 Å². The van der Waals surface area contributed by atoms with Crippen molar-refractivity contribution in [3.05, 3.63) is 35.4 Å². The molecule has 1 atom stereocenters. The number of carbonyl (C=O) groups excluding carboxylic acids is 2. The van der Waals surface area contributed by atoms with E-state index in [0.29, 0.717) is 13.2 Å². The van der Waals surface area contributed by atoms with Gasteiger partial charge in [0.15, 0.2) is 0 Å². The average molecular weight is 273 g/mol. The van der Waals surface area contributed by atoms with Gasteiger partial charge in [-0.2, -0.15) is 0 Å². The van der Waals surface area contributed by atoms with Crippen molar-refractivity contribution in [1.29, 1.82) is 0 Å². The monoisotopic (exact) mass is 273 g/mol. The average Bonchev–Trinajstić information content (AvgIpc) is 2.77. The van der Waals surface area contributed by atoms with Crippen molar-refractivity contribution in [1.82, 2.24) is 4.90 Å². The van der Waals surface area contributed by atoms with E-state index in [0.717, 1.165) is 30.4 Å². The van der Waals surface area contributed by atoms with Crippen LogP contribution in [0.5, 0.6) is 0 Å². The molecule has 1 amide bonds. The molecule has 3 heterocycles. The van der Waals surface area contributed by atoms with Crippen molar-refractivity contribution in [2.75, 3.05) is 13.2 Å². The molecule has 20 heavy (non-hydrogen) atoms. The molecular formula is C15H15NO4. The number of hydrogen-bond acceptors (Lipinski definition) is 4. The van der Waals surface area contributed by atoms with Gasteiger partial charge < -0.3 is 9.47 Å². The van der Waals surface area contributed by atoms with E-state index in [2.05, 4.69) is 6.07 Å². The SMILES string of the molecule is O=C1OC2c3ccccc3CC3(CCOCC3)N2C1=O. The molecule has 5 nitrogen and oxygen atoms in total.